The van der Waals surface area contributed by atoms with Crippen LogP contribution < -0.4 is 5.48 Å². The summed E-state index contributed by atoms with van der Waals surface area (Å²) in [5.41, 5.74) is 1.88. The number of hydroxylamine groups is 1. The highest BCUT2D eigenvalue weighted by atomic mass is 79.9. The van der Waals surface area contributed by atoms with E-state index in [1.54, 1.807) is 12.1 Å². The average Bonchev–Trinajstić information content (AvgIpc) is 2.62. The topological polar surface area (TPSA) is 89.5 Å². The third-order valence-corrected chi connectivity index (χ3v) is 6.04. The molecule has 2 aromatic carbocycles. The van der Waals surface area contributed by atoms with Crippen molar-refractivity contribution in [1.29, 1.82) is 0 Å². The van der Waals surface area contributed by atoms with Gasteiger partial charge in [0.25, 0.3) is 0 Å². The van der Waals surface area contributed by atoms with Gasteiger partial charge in [-0.05, 0) is 48.4 Å². The highest BCUT2D eigenvalue weighted by Gasteiger charge is 2.24. The zero-order chi connectivity index (χ0) is 19.2. The number of benzene rings is 2. The van der Waals surface area contributed by atoms with Crippen molar-refractivity contribution >= 4 is 31.9 Å². The Labute approximate surface area is 159 Å². The van der Waals surface area contributed by atoms with Crippen molar-refractivity contribution in [3.8, 4) is 0 Å². The number of rotatable bonds is 8. The van der Waals surface area contributed by atoms with Crippen molar-refractivity contribution in [3.05, 3.63) is 69.6 Å². The van der Waals surface area contributed by atoms with E-state index in [-0.39, 0.29) is 30.8 Å². The molecule has 0 radical (unpaired) electrons. The summed E-state index contributed by atoms with van der Waals surface area (Å²) in [6, 6.07) is 11.7. The Balaban J connectivity index is 2.24. The molecule has 0 bridgehead atoms. The summed E-state index contributed by atoms with van der Waals surface area (Å²) in [6.07, 6.45) is 0.101. The van der Waals surface area contributed by atoms with Crippen LogP contribution in [-0.4, -0.2) is 25.2 Å². The average molecular weight is 444 g/mol. The van der Waals surface area contributed by atoms with Crippen LogP contribution in [-0.2, 0) is 21.4 Å². The van der Waals surface area contributed by atoms with E-state index in [1.807, 2.05) is 0 Å². The molecule has 0 fully saturated rings. The third-order valence-electron chi connectivity index (χ3n) is 3.65. The van der Waals surface area contributed by atoms with E-state index in [9.17, 15) is 22.8 Å². The van der Waals surface area contributed by atoms with E-state index in [0.717, 1.165) is 4.47 Å². The highest BCUT2D eigenvalue weighted by Crippen LogP contribution is 2.21. The number of nitrogens with one attached hydrogen (secondary N) is 1. The maximum absolute atomic E-state index is 13.1. The molecule has 0 unspecified atom stereocenters. The van der Waals surface area contributed by atoms with Gasteiger partial charge in [0.1, 0.15) is 5.82 Å². The second-order valence-electron chi connectivity index (χ2n) is 5.55. The Kier molecular flexibility index (Phi) is 7.27. The minimum atomic E-state index is -3.82. The highest BCUT2D eigenvalue weighted by molar-refractivity contribution is 9.10. The smallest absolute Gasteiger partial charge is 0.243 e. The molecule has 0 aliphatic rings. The summed E-state index contributed by atoms with van der Waals surface area (Å²) in [6.45, 7) is 0.0703. The fraction of sp³-hybridized carbons (Fsp3) is 0.235. The van der Waals surface area contributed by atoms with E-state index in [2.05, 4.69) is 15.9 Å². The first kappa shape index (κ1) is 20.5. The minimum absolute atomic E-state index is 0.0255. The number of hydrogen-bond donors (Lipinski definition) is 1. The van der Waals surface area contributed by atoms with Gasteiger partial charge in [0.2, 0.25) is 15.9 Å². The van der Waals surface area contributed by atoms with Crippen LogP contribution in [0.15, 0.2) is 57.9 Å². The number of carbonyl (C=O) groups excluding carboxylic acids is 1. The Morgan fingerprint density at radius 1 is 1.12 bits per heavy atom. The van der Waals surface area contributed by atoms with Gasteiger partial charge in [-0.1, -0.05) is 28.1 Å². The lowest BCUT2D eigenvalue weighted by atomic mass is 10.2. The Morgan fingerprint density at radius 3 is 2.31 bits per heavy atom. The normalized spacial score (nSPS) is 11.5. The molecule has 0 heterocycles. The summed E-state index contributed by atoms with van der Waals surface area (Å²) >= 11 is 3.26. The Hall–Kier alpha value is -1.81. The number of amides is 1. The fourth-order valence-corrected chi connectivity index (χ4v) is 4.03. The molecular formula is C17H17BrFN2O4S-. The van der Waals surface area contributed by atoms with Crippen molar-refractivity contribution in [2.24, 2.45) is 0 Å². The second kappa shape index (κ2) is 9.22. The first-order valence-corrected chi connectivity index (χ1v) is 9.97. The minimum Gasteiger partial charge on any atom is -0.759 e. The summed E-state index contributed by atoms with van der Waals surface area (Å²) in [5, 5.41) is 10.3. The lowest BCUT2D eigenvalue weighted by Crippen LogP contribution is -2.32. The summed E-state index contributed by atoms with van der Waals surface area (Å²) < 4.78 is 40.9. The van der Waals surface area contributed by atoms with Gasteiger partial charge in [-0.3, -0.25) is 4.79 Å². The predicted octanol–water partition coefficient (Wildman–Crippen LogP) is 3.17. The van der Waals surface area contributed by atoms with Crippen molar-refractivity contribution in [2.75, 3.05) is 6.54 Å². The molecule has 2 rings (SSSR count). The maximum atomic E-state index is 13.1. The van der Waals surface area contributed by atoms with Crippen LogP contribution in [0.4, 0.5) is 4.39 Å². The lowest BCUT2D eigenvalue weighted by Gasteiger charge is -2.22. The molecule has 1 N–H and O–H groups in total. The number of sulfonamides is 1. The Bertz CT molecular complexity index is 842. The molecule has 0 spiro atoms. The maximum Gasteiger partial charge on any atom is 0.243 e. The van der Waals surface area contributed by atoms with Crippen LogP contribution >= 0.6 is 15.9 Å². The zero-order valence-corrected chi connectivity index (χ0v) is 16.1. The van der Waals surface area contributed by atoms with E-state index in [4.69, 9.17) is 0 Å². The van der Waals surface area contributed by atoms with E-state index in [1.165, 1.54) is 46.2 Å². The fourth-order valence-electron chi connectivity index (χ4n) is 2.30. The lowest BCUT2D eigenvalue weighted by molar-refractivity contribution is -0.120. The van der Waals surface area contributed by atoms with Gasteiger partial charge in [0, 0.05) is 24.0 Å². The third kappa shape index (κ3) is 5.60. The summed E-state index contributed by atoms with van der Waals surface area (Å²) in [5.74, 6) is -1.11. The molecule has 1 amide bonds. The standard InChI is InChI=1S/C17H17BrFN2O4S/c18-14-5-9-16(10-6-14)26(24,25)21(11-1-2-17(22)20-23)12-13-3-7-15(19)8-4-13/h3-10H,1-2,11-12H2,(H-,20,22,23)/q-1. The van der Waals surface area contributed by atoms with Gasteiger partial charge >= 0.3 is 0 Å². The number of carbonyl (C=O) groups is 1. The molecular weight excluding hydrogens is 427 g/mol. The van der Waals surface area contributed by atoms with Crippen LogP contribution in [0.25, 0.3) is 0 Å². The van der Waals surface area contributed by atoms with Gasteiger partial charge in [-0.2, -0.15) is 4.31 Å². The molecule has 140 valence electrons. The van der Waals surface area contributed by atoms with Crippen LogP contribution in [0, 0.1) is 11.0 Å². The molecule has 0 aromatic heterocycles. The van der Waals surface area contributed by atoms with Gasteiger partial charge in [-0.15, -0.1) is 0 Å². The van der Waals surface area contributed by atoms with Gasteiger partial charge in [0.05, 0.1) is 4.90 Å². The van der Waals surface area contributed by atoms with Gasteiger partial charge in [-0.25, -0.2) is 12.8 Å². The number of nitrogens with zero attached hydrogens (tertiary/aromatic N) is 1. The Morgan fingerprint density at radius 2 is 1.73 bits per heavy atom. The summed E-state index contributed by atoms with van der Waals surface area (Å²) in [7, 11) is -3.82. The van der Waals surface area contributed by atoms with Gasteiger partial charge < -0.3 is 10.7 Å². The second-order valence-corrected chi connectivity index (χ2v) is 8.40. The molecule has 0 atom stereocenters. The largest absolute Gasteiger partial charge is 0.759 e. The monoisotopic (exact) mass is 443 g/mol. The van der Waals surface area contributed by atoms with E-state index in [0.29, 0.717) is 5.56 Å². The molecule has 2 aromatic rings. The van der Waals surface area contributed by atoms with E-state index >= 15 is 0 Å². The quantitative estimate of drug-likeness (QED) is 0.634. The number of hydrogen-bond acceptors (Lipinski definition) is 4. The molecule has 0 saturated carbocycles. The SMILES string of the molecule is O=C(CCCN(Cc1ccc(F)cc1)S(=O)(=O)c1ccc(Br)cc1)N[O-]. The van der Waals surface area contributed by atoms with Crippen molar-refractivity contribution in [1.82, 2.24) is 9.79 Å². The zero-order valence-electron chi connectivity index (χ0n) is 13.7. The van der Waals surface area contributed by atoms with Crippen LogP contribution in [0.3, 0.4) is 0 Å². The molecule has 0 aliphatic heterocycles. The van der Waals surface area contributed by atoms with Crippen LogP contribution in [0.1, 0.15) is 18.4 Å². The van der Waals surface area contributed by atoms with E-state index < -0.39 is 21.7 Å². The summed E-state index contributed by atoms with van der Waals surface area (Å²) in [4.78, 5) is 11.2. The van der Waals surface area contributed by atoms with Crippen molar-refractivity contribution in [2.45, 2.75) is 24.3 Å². The molecule has 0 saturated heterocycles. The molecule has 6 nitrogen and oxygen atoms in total. The van der Waals surface area contributed by atoms with Crippen molar-refractivity contribution < 1.29 is 17.6 Å². The first-order valence-electron chi connectivity index (χ1n) is 7.74. The van der Waals surface area contributed by atoms with Crippen LogP contribution in [0.5, 0.6) is 0 Å². The first-order chi connectivity index (χ1) is 12.3. The van der Waals surface area contributed by atoms with Gasteiger partial charge in [0.15, 0.2) is 0 Å². The predicted molar refractivity (Wildman–Crippen MR) is 98.9 cm³/mol. The molecule has 0 aliphatic carbocycles. The van der Waals surface area contributed by atoms with Crippen molar-refractivity contribution in [3.63, 3.8) is 0 Å². The van der Waals surface area contributed by atoms with Crippen LogP contribution in [0.2, 0.25) is 0 Å². The molecule has 9 heteroatoms. The number of halogens is 2. The molecule has 26 heavy (non-hydrogen) atoms.